The molecule has 140 valence electrons. The summed E-state index contributed by atoms with van der Waals surface area (Å²) in [5.74, 6) is 0.885. The van der Waals surface area contributed by atoms with E-state index in [0.717, 1.165) is 5.56 Å². The van der Waals surface area contributed by atoms with Gasteiger partial charge in [0.2, 0.25) is 10.0 Å². The molecule has 26 heavy (non-hydrogen) atoms. The van der Waals surface area contributed by atoms with E-state index in [2.05, 4.69) is 0 Å². The fourth-order valence-corrected chi connectivity index (χ4v) is 4.25. The molecule has 0 radical (unpaired) electrons. The zero-order valence-electron chi connectivity index (χ0n) is 15.1. The molecular weight excluding hydrogens is 354 g/mol. The number of nitrogens with zero attached hydrogens (tertiary/aromatic N) is 1. The van der Waals surface area contributed by atoms with Crippen molar-refractivity contribution >= 4 is 10.0 Å². The van der Waals surface area contributed by atoms with Gasteiger partial charge in [0.1, 0.15) is 0 Å². The monoisotopic (exact) mass is 377 g/mol. The standard InChI is InChI=1S/C19H23NO5S/c1-14-4-6-15(7-5-14)13-25-16-11-20(12-16)26(21,22)17-8-9-18(23-2)19(10-17)24-3/h4-10,16H,11-13H2,1-3H3. The Morgan fingerprint density at radius 2 is 1.65 bits per heavy atom. The average molecular weight is 377 g/mol. The van der Waals surface area contributed by atoms with Gasteiger partial charge in [-0.2, -0.15) is 4.31 Å². The summed E-state index contributed by atoms with van der Waals surface area (Å²) in [7, 11) is -0.573. The normalized spacial score (nSPS) is 15.5. The lowest BCUT2D eigenvalue weighted by Gasteiger charge is -2.37. The van der Waals surface area contributed by atoms with Crippen LogP contribution in [0.25, 0.3) is 0 Å². The molecule has 1 saturated heterocycles. The van der Waals surface area contributed by atoms with Gasteiger partial charge in [-0.25, -0.2) is 8.42 Å². The van der Waals surface area contributed by atoms with Crippen molar-refractivity contribution in [3.05, 3.63) is 53.6 Å². The molecule has 0 N–H and O–H groups in total. The topological polar surface area (TPSA) is 65.1 Å². The van der Waals surface area contributed by atoms with E-state index >= 15 is 0 Å². The van der Waals surface area contributed by atoms with Crippen LogP contribution in [0.3, 0.4) is 0 Å². The van der Waals surface area contributed by atoms with Crippen molar-refractivity contribution in [3.8, 4) is 11.5 Å². The second-order valence-corrected chi connectivity index (χ2v) is 8.20. The van der Waals surface area contributed by atoms with E-state index in [4.69, 9.17) is 14.2 Å². The molecule has 1 aliphatic heterocycles. The molecule has 6 nitrogen and oxygen atoms in total. The lowest BCUT2D eigenvalue weighted by Crippen LogP contribution is -2.54. The van der Waals surface area contributed by atoms with Crippen molar-refractivity contribution < 1.29 is 22.6 Å². The molecule has 1 heterocycles. The fraction of sp³-hybridized carbons (Fsp3) is 0.368. The van der Waals surface area contributed by atoms with Crippen molar-refractivity contribution in [2.24, 2.45) is 0 Å². The van der Waals surface area contributed by atoms with Gasteiger partial charge < -0.3 is 14.2 Å². The fourth-order valence-electron chi connectivity index (χ4n) is 2.73. The Bertz CT molecular complexity index is 858. The van der Waals surface area contributed by atoms with Crippen LogP contribution < -0.4 is 9.47 Å². The van der Waals surface area contributed by atoms with Crippen LogP contribution in [0.5, 0.6) is 11.5 Å². The minimum atomic E-state index is -3.56. The molecule has 0 saturated carbocycles. The first-order valence-corrected chi connectivity index (χ1v) is 9.77. The molecule has 0 atom stereocenters. The first-order chi connectivity index (χ1) is 12.4. The molecule has 1 aliphatic rings. The maximum atomic E-state index is 12.7. The first-order valence-electron chi connectivity index (χ1n) is 8.33. The zero-order chi connectivity index (χ0) is 18.7. The molecule has 0 bridgehead atoms. The predicted molar refractivity (Wildman–Crippen MR) is 98.1 cm³/mol. The molecule has 0 amide bonds. The predicted octanol–water partition coefficient (Wildman–Crippen LogP) is 2.60. The van der Waals surface area contributed by atoms with Crippen LogP contribution in [0.2, 0.25) is 0 Å². The lowest BCUT2D eigenvalue weighted by atomic mass is 10.1. The second-order valence-electron chi connectivity index (χ2n) is 6.26. The molecule has 3 rings (SSSR count). The summed E-state index contributed by atoms with van der Waals surface area (Å²) in [5.41, 5.74) is 2.28. The second kappa shape index (κ2) is 7.65. The van der Waals surface area contributed by atoms with E-state index in [-0.39, 0.29) is 11.0 Å². The lowest BCUT2D eigenvalue weighted by molar-refractivity contribution is -0.0295. The molecule has 2 aromatic rings. The van der Waals surface area contributed by atoms with Gasteiger partial charge in [-0.05, 0) is 24.6 Å². The van der Waals surface area contributed by atoms with Gasteiger partial charge in [-0.3, -0.25) is 0 Å². The largest absolute Gasteiger partial charge is 0.493 e. The van der Waals surface area contributed by atoms with E-state index < -0.39 is 10.0 Å². The zero-order valence-corrected chi connectivity index (χ0v) is 16.0. The number of aryl methyl sites for hydroxylation is 1. The summed E-state index contributed by atoms with van der Waals surface area (Å²) in [6.07, 6.45) is -0.0915. The van der Waals surface area contributed by atoms with Crippen LogP contribution in [-0.4, -0.2) is 46.1 Å². The third-order valence-corrected chi connectivity index (χ3v) is 6.24. The molecule has 7 heteroatoms. The van der Waals surface area contributed by atoms with Gasteiger partial charge in [0.15, 0.2) is 11.5 Å². The minimum absolute atomic E-state index is 0.0915. The van der Waals surface area contributed by atoms with Gasteiger partial charge in [-0.15, -0.1) is 0 Å². The van der Waals surface area contributed by atoms with E-state index in [1.54, 1.807) is 6.07 Å². The average Bonchev–Trinajstić information content (AvgIpc) is 2.61. The molecule has 2 aromatic carbocycles. The molecular formula is C19H23NO5S. The summed E-state index contributed by atoms with van der Waals surface area (Å²) >= 11 is 0. The smallest absolute Gasteiger partial charge is 0.243 e. The number of hydrogen-bond acceptors (Lipinski definition) is 5. The highest BCUT2D eigenvalue weighted by molar-refractivity contribution is 7.89. The Balaban J connectivity index is 1.59. The maximum absolute atomic E-state index is 12.7. The first kappa shape index (κ1) is 18.7. The highest BCUT2D eigenvalue weighted by Gasteiger charge is 2.37. The SMILES string of the molecule is COc1ccc(S(=O)(=O)N2CC(OCc3ccc(C)cc3)C2)cc1OC. The van der Waals surface area contributed by atoms with E-state index in [1.807, 2.05) is 31.2 Å². The highest BCUT2D eigenvalue weighted by atomic mass is 32.2. The molecule has 0 aromatic heterocycles. The molecule has 0 spiro atoms. The number of hydrogen-bond donors (Lipinski definition) is 0. The van der Waals surface area contributed by atoms with E-state index in [1.165, 1.54) is 36.2 Å². The van der Waals surface area contributed by atoms with Crippen molar-refractivity contribution in [3.63, 3.8) is 0 Å². The van der Waals surface area contributed by atoms with E-state index in [9.17, 15) is 8.42 Å². The van der Waals surface area contributed by atoms with Gasteiger partial charge >= 0.3 is 0 Å². The third kappa shape index (κ3) is 3.85. The van der Waals surface area contributed by atoms with Gasteiger partial charge in [0.25, 0.3) is 0 Å². The summed E-state index contributed by atoms with van der Waals surface area (Å²) < 4.78 is 43.0. The van der Waals surface area contributed by atoms with Crippen LogP contribution in [0.4, 0.5) is 0 Å². The Kier molecular flexibility index (Phi) is 5.50. The Labute approximate surface area is 154 Å². The molecule has 1 fully saturated rings. The Morgan fingerprint density at radius 1 is 1.00 bits per heavy atom. The van der Waals surface area contributed by atoms with Crippen LogP contribution in [0.1, 0.15) is 11.1 Å². The third-order valence-electron chi connectivity index (χ3n) is 4.41. The van der Waals surface area contributed by atoms with Crippen molar-refractivity contribution in [1.29, 1.82) is 0 Å². The summed E-state index contributed by atoms with van der Waals surface area (Å²) in [6, 6.07) is 12.7. The quantitative estimate of drug-likeness (QED) is 0.742. The van der Waals surface area contributed by atoms with Crippen LogP contribution >= 0.6 is 0 Å². The van der Waals surface area contributed by atoms with Gasteiger partial charge in [0.05, 0.1) is 31.8 Å². The summed E-state index contributed by atoms with van der Waals surface area (Å²) in [4.78, 5) is 0.187. The summed E-state index contributed by atoms with van der Waals surface area (Å²) in [5, 5.41) is 0. The van der Waals surface area contributed by atoms with Crippen molar-refractivity contribution in [1.82, 2.24) is 4.31 Å². The number of sulfonamides is 1. The maximum Gasteiger partial charge on any atom is 0.243 e. The number of ether oxygens (including phenoxy) is 3. The Morgan fingerprint density at radius 3 is 2.27 bits per heavy atom. The van der Waals surface area contributed by atoms with E-state index in [0.29, 0.717) is 31.2 Å². The van der Waals surface area contributed by atoms with Crippen molar-refractivity contribution in [2.45, 2.75) is 24.5 Å². The number of rotatable bonds is 7. The number of methoxy groups -OCH3 is 2. The summed E-state index contributed by atoms with van der Waals surface area (Å²) in [6.45, 7) is 3.22. The molecule has 0 aliphatic carbocycles. The van der Waals surface area contributed by atoms with Crippen molar-refractivity contribution in [2.75, 3.05) is 27.3 Å². The van der Waals surface area contributed by atoms with Crippen LogP contribution in [-0.2, 0) is 21.4 Å². The van der Waals surface area contributed by atoms with Gasteiger partial charge in [-0.1, -0.05) is 29.8 Å². The highest BCUT2D eigenvalue weighted by Crippen LogP contribution is 2.32. The van der Waals surface area contributed by atoms with Gasteiger partial charge in [0, 0.05) is 19.2 Å². The Hall–Kier alpha value is -2.09. The molecule has 0 unspecified atom stereocenters. The van der Waals surface area contributed by atoms with Crippen LogP contribution in [0, 0.1) is 6.92 Å². The number of benzene rings is 2. The van der Waals surface area contributed by atoms with Crippen LogP contribution in [0.15, 0.2) is 47.4 Å². The minimum Gasteiger partial charge on any atom is -0.493 e.